The monoisotopic (exact) mass is 317 g/mol. The standard InChI is InChI=1S/C16H19N3O2S/c1-2-13(16-18-8-9-22-16)19-15(20)11-6-7-17-14(10-11)21-12-4-3-5-12/h6-10,12-13H,2-5H2,1H3,(H,19,20). The third kappa shape index (κ3) is 3.44. The zero-order valence-corrected chi connectivity index (χ0v) is 13.3. The van der Waals surface area contributed by atoms with Gasteiger partial charge in [0.25, 0.3) is 5.91 Å². The average molecular weight is 317 g/mol. The van der Waals surface area contributed by atoms with Crippen LogP contribution in [0.25, 0.3) is 0 Å². The molecule has 0 radical (unpaired) electrons. The number of hydrogen-bond donors (Lipinski definition) is 1. The Morgan fingerprint density at radius 1 is 1.45 bits per heavy atom. The molecule has 0 aromatic carbocycles. The molecule has 0 bridgehead atoms. The van der Waals surface area contributed by atoms with E-state index in [9.17, 15) is 4.79 Å². The molecule has 0 saturated heterocycles. The van der Waals surface area contributed by atoms with Crippen molar-refractivity contribution in [2.45, 2.75) is 44.8 Å². The van der Waals surface area contributed by atoms with Crippen molar-refractivity contribution in [3.05, 3.63) is 40.5 Å². The highest BCUT2D eigenvalue weighted by molar-refractivity contribution is 7.09. The van der Waals surface area contributed by atoms with Crippen LogP contribution in [0.3, 0.4) is 0 Å². The highest BCUT2D eigenvalue weighted by Crippen LogP contribution is 2.24. The molecule has 1 aliphatic rings. The number of thiazole rings is 1. The normalized spacial score (nSPS) is 15.9. The third-order valence-corrected chi connectivity index (χ3v) is 4.69. The Balaban J connectivity index is 1.67. The summed E-state index contributed by atoms with van der Waals surface area (Å²) < 4.78 is 5.74. The molecule has 2 aromatic rings. The number of aromatic nitrogens is 2. The summed E-state index contributed by atoms with van der Waals surface area (Å²) in [5.41, 5.74) is 0.569. The molecule has 0 aliphatic heterocycles. The van der Waals surface area contributed by atoms with E-state index in [2.05, 4.69) is 15.3 Å². The van der Waals surface area contributed by atoms with E-state index in [1.54, 1.807) is 35.9 Å². The average Bonchev–Trinajstić information content (AvgIpc) is 3.03. The quantitative estimate of drug-likeness (QED) is 0.887. The molecule has 1 unspecified atom stereocenters. The largest absolute Gasteiger partial charge is 0.474 e. The number of carbonyl (C=O) groups is 1. The molecule has 1 N–H and O–H groups in total. The van der Waals surface area contributed by atoms with Crippen LogP contribution in [0, 0.1) is 0 Å². The van der Waals surface area contributed by atoms with Gasteiger partial charge in [-0.3, -0.25) is 4.79 Å². The Bertz CT molecular complexity index is 626. The molecule has 2 heterocycles. The van der Waals surface area contributed by atoms with Crippen molar-refractivity contribution in [3.63, 3.8) is 0 Å². The van der Waals surface area contributed by atoms with Gasteiger partial charge in [-0.25, -0.2) is 9.97 Å². The number of hydrogen-bond acceptors (Lipinski definition) is 5. The molecule has 1 fully saturated rings. The predicted molar refractivity (Wildman–Crippen MR) is 85.1 cm³/mol. The lowest BCUT2D eigenvalue weighted by Crippen LogP contribution is -2.28. The van der Waals surface area contributed by atoms with E-state index in [1.807, 2.05) is 12.3 Å². The summed E-state index contributed by atoms with van der Waals surface area (Å²) in [5, 5.41) is 5.86. The highest BCUT2D eigenvalue weighted by Gasteiger charge is 2.21. The van der Waals surface area contributed by atoms with Crippen molar-refractivity contribution < 1.29 is 9.53 Å². The van der Waals surface area contributed by atoms with Crippen molar-refractivity contribution in [3.8, 4) is 5.88 Å². The van der Waals surface area contributed by atoms with Crippen molar-refractivity contribution >= 4 is 17.2 Å². The van der Waals surface area contributed by atoms with Crippen LogP contribution in [0.2, 0.25) is 0 Å². The Morgan fingerprint density at radius 3 is 2.95 bits per heavy atom. The number of nitrogens with zero attached hydrogens (tertiary/aromatic N) is 2. The molecule has 6 heteroatoms. The minimum atomic E-state index is -0.122. The van der Waals surface area contributed by atoms with E-state index in [1.165, 1.54) is 6.42 Å². The second kappa shape index (κ2) is 6.87. The first-order valence-corrected chi connectivity index (χ1v) is 8.47. The topological polar surface area (TPSA) is 64.1 Å². The van der Waals surface area contributed by atoms with Crippen LogP contribution in [-0.2, 0) is 0 Å². The third-order valence-electron chi connectivity index (χ3n) is 3.80. The van der Waals surface area contributed by atoms with Crippen LogP contribution in [0.5, 0.6) is 5.88 Å². The smallest absolute Gasteiger partial charge is 0.252 e. The number of carbonyl (C=O) groups excluding carboxylic acids is 1. The SMILES string of the molecule is CCC(NC(=O)c1ccnc(OC2CCC2)c1)c1nccs1. The molecule has 22 heavy (non-hydrogen) atoms. The maximum Gasteiger partial charge on any atom is 0.252 e. The van der Waals surface area contributed by atoms with Crippen molar-refractivity contribution in [2.75, 3.05) is 0 Å². The van der Waals surface area contributed by atoms with Gasteiger partial charge in [-0.2, -0.15) is 0 Å². The molecular weight excluding hydrogens is 298 g/mol. The fraction of sp³-hybridized carbons (Fsp3) is 0.438. The number of ether oxygens (including phenoxy) is 1. The summed E-state index contributed by atoms with van der Waals surface area (Å²) in [7, 11) is 0. The van der Waals surface area contributed by atoms with Gasteiger partial charge in [-0.1, -0.05) is 6.92 Å². The van der Waals surface area contributed by atoms with E-state index >= 15 is 0 Å². The van der Waals surface area contributed by atoms with Crippen LogP contribution >= 0.6 is 11.3 Å². The lowest BCUT2D eigenvalue weighted by molar-refractivity contribution is 0.0930. The molecule has 1 atom stereocenters. The number of rotatable bonds is 6. The molecule has 3 rings (SSSR count). The van der Waals surface area contributed by atoms with Gasteiger partial charge in [0.2, 0.25) is 5.88 Å². The number of nitrogens with one attached hydrogen (secondary N) is 1. The summed E-state index contributed by atoms with van der Waals surface area (Å²) in [6.45, 7) is 2.03. The molecule has 1 aliphatic carbocycles. The second-order valence-electron chi connectivity index (χ2n) is 5.36. The summed E-state index contributed by atoms with van der Waals surface area (Å²) >= 11 is 1.55. The predicted octanol–water partition coefficient (Wildman–Crippen LogP) is 3.35. The van der Waals surface area contributed by atoms with E-state index in [4.69, 9.17) is 4.74 Å². The fourth-order valence-electron chi connectivity index (χ4n) is 2.26. The Kier molecular flexibility index (Phi) is 4.68. The van der Waals surface area contributed by atoms with Gasteiger partial charge in [-0.15, -0.1) is 11.3 Å². The van der Waals surface area contributed by atoms with E-state index in [-0.39, 0.29) is 18.1 Å². The summed E-state index contributed by atoms with van der Waals surface area (Å²) in [4.78, 5) is 20.9. The minimum Gasteiger partial charge on any atom is -0.474 e. The first-order valence-electron chi connectivity index (χ1n) is 7.59. The molecule has 5 nitrogen and oxygen atoms in total. The molecule has 1 amide bonds. The summed E-state index contributed by atoms with van der Waals surface area (Å²) in [5.74, 6) is 0.405. The van der Waals surface area contributed by atoms with E-state index in [0.29, 0.717) is 11.4 Å². The second-order valence-corrected chi connectivity index (χ2v) is 6.28. The first-order chi connectivity index (χ1) is 10.8. The van der Waals surface area contributed by atoms with Gasteiger partial charge >= 0.3 is 0 Å². The molecule has 116 valence electrons. The fourth-order valence-corrected chi connectivity index (χ4v) is 3.03. The van der Waals surface area contributed by atoms with Crippen LogP contribution < -0.4 is 10.1 Å². The lowest BCUT2D eigenvalue weighted by atomic mass is 9.96. The molecule has 2 aromatic heterocycles. The Hall–Kier alpha value is -1.95. The minimum absolute atomic E-state index is 0.0586. The number of amides is 1. The van der Waals surface area contributed by atoms with E-state index < -0.39 is 0 Å². The van der Waals surface area contributed by atoms with Crippen LogP contribution in [0.4, 0.5) is 0 Å². The van der Waals surface area contributed by atoms with Gasteiger partial charge in [-0.05, 0) is 31.7 Å². The summed E-state index contributed by atoms with van der Waals surface area (Å²) in [6, 6.07) is 3.36. The molecule has 1 saturated carbocycles. The molecule has 0 spiro atoms. The summed E-state index contributed by atoms with van der Waals surface area (Å²) in [6.07, 6.45) is 7.77. The number of pyridine rings is 1. The van der Waals surface area contributed by atoms with Gasteiger partial charge in [0.1, 0.15) is 11.1 Å². The van der Waals surface area contributed by atoms with Crippen LogP contribution in [-0.4, -0.2) is 22.0 Å². The maximum atomic E-state index is 12.4. The Labute approximate surface area is 133 Å². The van der Waals surface area contributed by atoms with Gasteiger partial charge in [0, 0.05) is 29.4 Å². The van der Waals surface area contributed by atoms with Gasteiger partial charge < -0.3 is 10.1 Å². The zero-order chi connectivity index (χ0) is 15.4. The van der Waals surface area contributed by atoms with Crippen molar-refractivity contribution in [1.29, 1.82) is 0 Å². The van der Waals surface area contributed by atoms with E-state index in [0.717, 1.165) is 24.3 Å². The van der Waals surface area contributed by atoms with Crippen LogP contribution in [0.1, 0.15) is 54.0 Å². The van der Waals surface area contributed by atoms with Crippen molar-refractivity contribution in [2.24, 2.45) is 0 Å². The first kappa shape index (κ1) is 15.0. The zero-order valence-electron chi connectivity index (χ0n) is 12.5. The Morgan fingerprint density at radius 2 is 2.32 bits per heavy atom. The lowest BCUT2D eigenvalue weighted by Gasteiger charge is -2.25. The maximum absolute atomic E-state index is 12.4. The van der Waals surface area contributed by atoms with Gasteiger partial charge in [0.05, 0.1) is 6.04 Å². The van der Waals surface area contributed by atoms with Crippen molar-refractivity contribution in [1.82, 2.24) is 15.3 Å². The van der Waals surface area contributed by atoms with Crippen LogP contribution in [0.15, 0.2) is 29.9 Å². The van der Waals surface area contributed by atoms with Gasteiger partial charge in [0.15, 0.2) is 0 Å². The molecular formula is C16H19N3O2S. The highest BCUT2D eigenvalue weighted by atomic mass is 32.1.